The average molecular weight is 289 g/mol. The minimum absolute atomic E-state index is 0.0824. The summed E-state index contributed by atoms with van der Waals surface area (Å²) in [6.45, 7) is 1.91. The van der Waals surface area contributed by atoms with Crippen molar-refractivity contribution in [3.8, 4) is 0 Å². The van der Waals surface area contributed by atoms with Crippen LogP contribution >= 0.6 is 0 Å². The van der Waals surface area contributed by atoms with E-state index in [1.807, 2.05) is 0 Å². The number of nitrogens with two attached hydrogens (primary N) is 1. The van der Waals surface area contributed by atoms with Crippen LogP contribution in [0.4, 0.5) is 0 Å². The number of nitrogens with one attached hydrogen (secondary N) is 2. The summed E-state index contributed by atoms with van der Waals surface area (Å²) >= 11 is 0. The quantitative estimate of drug-likeness (QED) is 0.624. The molecule has 1 aliphatic heterocycles. The number of hydrogen-bond donors (Lipinski definition) is 3. The van der Waals surface area contributed by atoms with Gasteiger partial charge >= 0.3 is 0 Å². The molecule has 4 N–H and O–H groups in total. The highest BCUT2D eigenvalue weighted by atomic mass is 32.2. The molecule has 2 rings (SSSR count). The molecular formula is C13H27N3O2S. The lowest BCUT2D eigenvalue weighted by atomic mass is 9.88. The number of sulfonamides is 1. The van der Waals surface area contributed by atoms with E-state index in [0.29, 0.717) is 18.5 Å². The maximum absolute atomic E-state index is 10.9. The highest BCUT2D eigenvalue weighted by molar-refractivity contribution is 7.89. The first-order valence-electron chi connectivity index (χ1n) is 7.53. The molecule has 0 aromatic rings. The summed E-state index contributed by atoms with van der Waals surface area (Å²) < 4.78 is 21.8. The van der Waals surface area contributed by atoms with Crippen molar-refractivity contribution in [2.24, 2.45) is 11.1 Å². The van der Waals surface area contributed by atoms with E-state index in [-0.39, 0.29) is 5.75 Å². The fourth-order valence-corrected chi connectivity index (χ4v) is 4.08. The van der Waals surface area contributed by atoms with Gasteiger partial charge in [-0.05, 0) is 51.1 Å². The van der Waals surface area contributed by atoms with Gasteiger partial charge in [0.25, 0.3) is 0 Å². The van der Waals surface area contributed by atoms with Gasteiger partial charge in [-0.15, -0.1) is 0 Å². The molecule has 3 atom stereocenters. The smallest absolute Gasteiger partial charge is 0.209 e. The van der Waals surface area contributed by atoms with Crippen molar-refractivity contribution in [1.29, 1.82) is 0 Å². The molecule has 0 aromatic carbocycles. The van der Waals surface area contributed by atoms with Crippen LogP contribution in [0, 0.1) is 5.92 Å². The van der Waals surface area contributed by atoms with Crippen LogP contribution in [0.1, 0.15) is 44.9 Å². The topological polar surface area (TPSA) is 84.2 Å². The first-order valence-corrected chi connectivity index (χ1v) is 9.25. The highest BCUT2D eigenvalue weighted by Gasteiger charge is 2.33. The highest BCUT2D eigenvalue weighted by Crippen LogP contribution is 2.31. The van der Waals surface area contributed by atoms with E-state index in [9.17, 15) is 8.42 Å². The molecule has 0 amide bonds. The Bertz CT molecular complexity index is 366. The van der Waals surface area contributed by atoms with E-state index in [4.69, 9.17) is 5.14 Å². The molecule has 1 saturated carbocycles. The molecular weight excluding hydrogens is 262 g/mol. The van der Waals surface area contributed by atoms with Gasteiger partial charge < -0.3 is 10.6 Å². The Labute approximate surface area is 116 Å². The van der Waals surface area contributed by atoms with E-state index in [1.54, 1.807) is 0 Å². The SMILES string of the molecule is NS(=O)(=O)CCCNC1CCCC1C1CCCCN1. The van der Waals surface area contributed by atoms with Crippen molar-refractivity contribution in [2.75, 3.05) is 18.8 Å². The number of hydrogen-bond acceptors (Lipinski definition) is 4. The third kappa shape index (κ3) is 5.02. The average Bonchev–Trinajstić information content (AvgIpc) is 2.83. The molecule has 2 aliphatic rings. The molecule has 0 aromatic heterocycles. The van der Waals surface area contributed by atoms with Crippen LogP contribution in [0.5, 0.6) is 0 Å². The maximum Gasteiger partial charge on any atom is 0.209 e. The third-order valence-electron chi connectivity index (χ3n) is 4.45. The fraction of sp³-hybridized carbons (Fsp3) is 1.00. The van der Waals surface area contributed by atoms with Crippen molar-refractivity contribution in [3.63, 3.8) is 0 Å². The Morgan fingerprint density at radius 3 is 2.68 bits per heavy atom. The normalized spacial score (nSPS) is 32.6. The van der Waals surface area contributed by atoms with Gasteiger partial charge in [0, 0.05) is 12.1 Å². The summed E-state index contributed by atoms with van der Waals surface area (Å²) in [5.74, 6) is 0.800. The zero-order valence-corrected chi connectivity index (χ0v) is 12.4. The van der Waals surface area contributed by atoms with Crippen LogP contribution in [0.15, 0.2) is 0 Å². The lowest BCUT2D eigenvalue weighted by molar-refractivity contribution is 0.258. The second-order valence-corrected chi connectivity index (χ2v) is 7.67. The largest absolute Gasteiger partial charge is 0.314 e. The predicted molar refractivity (Wildman–Crippen MR) is 77.4 cm³/mol. The number of primary sulfonamides is 1. The zero-order valence-electron chi connectivity index (χ0n) is 11.6. The third-order valence-corrected chi connectivity index (χ3v) is 5.30. The van der Waals surface area contributed by atoms with Crippen LogP contribution in [-0.4, -0.2) is 39.3 Å². The molecule has 6 heteroatoms. The summed E-state index contributed by atoms with van der Waals surface area (Å²) in [5, 5.41) is 12.2. The first kappa shape index (κ1) is 15.2. The minimum Gasteiger partial charge on any atom is -0.314 e. The second kappa shape index (κ2) is 7.02. The van der Waals surface area contributed by atoms with Gasteiger partial charge in [-0.2, -0.15) is 0 Å². The molecule has 2 fully saturated rings. The molecule has 3 unspecified atom stereocenters. The Hall–Kier alpha value is -0.170. The summed E-state index contributed by atoms with van der Waals surface area (Å²) in [6, 6.07) is 1.21. The van der Waals surface area contributed by atoms with Crippen molar-refractivity contribution in [3.05, 3.63) is 0 Å². The molecule has 5 nitrogen and oxygen atoms in total. The summed E-state index contributed by atoms with van der Waals surface area (Å²) in [4.78, 5) is 0. The number of piperidine rings is 1. The van der Waals surface area contributed by atoms with Gasteiger partial charge in [0.15, 0.2) is 0 Å². The standard InChI is InChI=1S/C13H27N3O2S/c14-19(17,18)10-4-9-16-13-7-3-5-11(13)12-6-1-2-8-15-12/h11-13,15-16H,1-10H2,(H2,14,17,18). The minimum atomic E-state index is -3.31. The van der Waals surface area contributed by atoms with Gasteiger partial charge in [-0.1, -0.05) is 12.8 Å². The maximum atomic E-state index is 10.9. The fourth-order valence-electron chi connectivity index (χ4n) is 3.53. The first-order chi connectivity index (χ1) is 9.06. The van der Waals surface area contributed by atoms with Crippen LogP contribution in [0.2, 0.25) is 0 Å². The number of rotatable bonds is 6. The molecule has 0 radical (unpaired) electrons. The Morgan fingerprint density at radius 1 is 1.16 bits per heavy atom. The van der Waals surface area contributed by atoms with Gasteiger partial charge in [-0.25, -0.2) is 13.6 Å². The van der Waals surface area contributed by atoms with E-state index in [2.05, 4.69) is 10.6 Å². The van der Waals surface area contributed by atoms with Crippen molar-refractivity contribution < 1.29 is 8.42 Å². The Balaban J connectivity index is 1.72. The Kier molecular flexibility index (Phi) is 5.62. The van der Waals surface area contributed by atoms with Crippen LogP contribution in [0.25, 0.3) is 0 Å². The van der Waals surface area contributed by atoms with Crippen LogP contribution in [0.3, 0.4) is 0 Å². The molecule has 1 heterocycles. The van der Waals surface area contributed by atoms with Crippen molar-refractivity contribution in [1.82, 2.24) is 10.6 Å². The molecule has 112 valence electrons. The molecule has 0 spiro atoms. The van der Waals surface area contributed by atoms with Gasteiger partial charge in [0.05, 0.1) is 5.75 Å². The second-order valence-electron chi connectivity index (χ2n) is 5.93. The zero-order chi connectivity index (χ0) is 13.7. The van der Waals surface area contributed by atoms with Gasteiger partial charge in [0.1, 0.15) is 0 Å². The summed E-state index contributed by atoms with van der Waals surface area (Å²) in [5.41, 5.74) is 0. The van der Waals surface area contributed by atoms with Gasteiger partial charge in [-0.3, -0.25) is 0 Å². The monoisotopic (exact) mass is 289 g/mol. The van der Waals surface area contributed by atoms with E-state index < -0.39 is 10.0 Å². The molecule has 0 bridgehead atoms. The van der Waals surface area contributed by atoms with E-state index >= 15 is 0 Å². The Morgan fingerprint density at radius 2 is 2.00 bits per heavy atom. The predicted octanol–water partition coefficient (Wildman–Crippen LogP) is 0.565. The lowest BCUT2D eigenvalue weighted by Gasteiger charge is -2.33. The molecule has 19 heavy (non-hydrogen) atoms. The van der Waals surface area contributed by atoms with Crippen molar-refractivity contribution in [2.45, 2.75) is 57.0 Å². The summed E-state index contributed by atoms with van der Waals surface area (Å²) in [7, 11) is -3.31. The van der Waals surface area contributed by atoms with E-state index in [1.165, 1.54) is 38.5 Å². The summed E-state index contributed by atoms with van der Waals surface area (Å²) in [6.07, 6.45) is 8.35. The molecule has 1 aliphatic carbocycles. The van der Waals surface area contributed by atoms with E-state index in [0.717, 1.165) is 19.0 Å². The molecule has 1 saturated heterocycles. The van der Waals surface area contributed by atoms with Crippen LogP contribution in [-0.2, 0) is 10.0 Å². The lowest BCUT2D eigenvalue weighted by Crippen LogP contribution is -2.47. The van der Waals surface area contributed by atoms with Crippen LogP contribution < -0.4 is 15.8 Å². The van der Waals surface area contributed by atoms with Crippen molar-refractivity contribution >= 4 is 10.0 Å². The van der Waals surface area contributed by atoms with Gasteiger partial charge in [0.2, 0.25) is 10.0 Å².